The predicted octanol–water partition coefficient (Wildman–Crippen LogP) is 4.11. The van der Waals surface area contributed by atoms with Gasteiger partial charge in [-0.1, -0.05) is 32.9 Å². The van der Waals surface area contributed by atoms with Gasteiger partial charge in [0, 0.05) is 23.7 Å². The van der Waals surface area contributed by atoms with Gasteiger partial charge in [0.15, 0.2) is 8.32 Å². The van der Waals surface area contributed by atoms with Crippen LogP contribution in [0.5, 0.6) is 5.75 Å². The van der Waals surface area contributed by atoms with Crippen molar-refractivity contribution in [2.45, 2.75) is 70.6 Å². The number of H-pyrrole nitrogens is 1. The molecule has 0 saturated carbocycles. The Morgan fingerprint density at radius 3 is 2.53 bits per heavy atom. The van der Waals surface area contributed by atoms with Crippen molar-refractivity contribution in [1.82, 2.24) is 14.9 Å². The Morgan fingerprint density at radius 2 is 1.84 bits per heavy atom. The summed E-state index contributed by atoms with van der Waals surface area (Å²) in [6, 6.07) is 10.8. The van der Waals surface area contributed by atoms with E-state index in [1.165, 1.54) is 10.8 Å². The van der Waals surface area contributed by atoms with Crippen molar-refractivity contribution in [2.75, 3.05) is 13.7 Å². The summed E-state index contributed by atoms with van der Waals surface area (Å²) in [5.74, 6) is 0.514. The Balaban J connectivity index is 1.58. The Morgan fingerprint density at radius 1 is 1.16 bits per heavy atom. The van der Waals surface area contributed by atoms with Gasteiger partial charge in [-0.25, -0.2) is 4.79 Å². The second-order valence-electron chi connectivity index (χ2n) is 11.4. The van der Waals surface area contributed by atoms with Crippen LogP contribution < -0.4 is 21.3 Å². The number of nitrogens with one attached hydrogen (secondary N) is 2. The Hall–Kier alpha value is -3.21. The molecule has 2 N–H and O–H groups in total. The Kier molecular flexibility index (Phi) is 7.69. The molecule has 0 unspecified atom stereocenters. The molecule has 0 radical (unpaired) electrons. The van der Waals surface area contributed by atoms with Gasteiger partial charge in [-0.3, -0.25) is 19.1 Å². The summed E-state index contributed by atoms with van der Waals surface area (Å²) in [5, 5.41) is 5.01. The number of aromatic nitrogens is 2. The van der Waals surface area contributed by atoms with Crippen LogP contribution in [0.1, 0.15) is 49.3 Å². The van der Waals surface area contributed by atoms with Gasteiger partial charge in [-0.15, -0.1) is 0 Å². The van der Waals surface area contributed by atoms with Crippen molar-refractivity contribution in [2.24, 2.45) is 0 Å². The van der Waals surface area contributed by atoms with Gasteiger partial charge in [-0.2, -0.15) is 0 Å². The maximum Gasteiger partial charge on any atom is 0.330 e. The van der Waals surface area contributed by atoms with E-state index >= 15 is 0 Å². The van der Waals surface area contributed by atoms with Crippen LogP contribution in [0.25, 0.3) is 10.8 Å². The molecule has 4 rings (SSSR count). The molecule has 10 heteroatoms. The molecule has 0 aliphatic carbocycles. The summed E-state index contributed by atoms with van der Waals surface area (Å²) in [7, 11) is -0.473. The average Bonchev–Trinajstić information content (AvgIpc) is 3.25. The highest BCUT2D eigenvalue weighted by Gasteiger charge is 2.42. The fourth-order valence-corrected chi connectivity index (χ4v) is 5.27. The highest BCUT2D eigenvalue weighted by Crippen LogP contribution is 2.38. The lowest BCUT2D eigenvalue weighted by Gasteiger charge is -2.37. The molecular formula is C28H37N3O6Si. The molecule has 1 aromatic heterocycles. The van der Waals surface area contributed by atoms with Crippen molar-refractivity contribution >= 4 is 25.0 Å². The van der Waals surface area contributed by atoms with E-state index in [1.807, 2.05) is 30.3 Å². The van der Waals surface area contributed by atoms with Crippen LogP contribution in [0.3, 0.4) is 0 Å². The fraction of sp³-hybridized carbons (Fsp3) is 0.464. The second kappa shape index (κ2) is 10.5. The first kappa shape index (κ1) is 27.8. The monoisotopic (exact) mass is 539 g/mol. The molecule has 1 aliphatic heterocycles. The van der Waals surface area contributed by atoms with Gasteiger partial charge in [0.25, 0.3) is 11.5 Å². The molecule has 1 saturated heterocycles. The van der Waals surface area contributed by atoms with Crippen LogP contribution in [0.4, 0.5) is 0 Å². The number of fused-ring (bicyclic) bond motifs is 1. The van der Waals surface area contributed by atoms with Crippen LogP contribution in [-0.2, 0) is 9.16 Å². The van der Waals surface area contributed by atoms with Gasteiger partial charge < -0.3 is 19.2 Å². The number of aromatic amines is 1. The lowest BCUT2D eigenvalue weighted by Crippen LogP contribution is -2.47. The van der Waals surface area contributed by atoms with Gasteiger partial charge >= 0.3 is 5.69 Å². The lowest BCUT2D eigenvalue weighted by atomic mass is 10.0. The molecule has 3 atom stereocenters. The van der Waals surface area contributed by atoms with Crippen molar-refractivity contribution in [3.63, 3.8) is 0 Å². The zero-order valence-corrected chi connectivity index (χ0v) is 24.1. The van der Waals surface area contributed by atoms with E-state index in [4.69, 9.17) is 13.9 Å². The summed E-state index contributed by atoms with van der Waals surface area (Å²) in [4.78, 5) is 40.1. The zero-order chi connectivity index (χ0) is 27.8. The van der Waals surface area contributed by atoms with Crippen molar-refractivity contribution in [3.8, 4) is 5.75 Å². The molecule has 9 nitrogen and oxygen atoms in total. The van der Waals surface area contributed by atoms with Gasteiger partial charge in [-0.05, 0) is 60.1 Å². The Labute approximate surface area is 223 Å². The minimum absolute atomic E-state index is 0.00446. The lowest BCUT2D eigenvalue weighted by molar-refractivity contribution is -0.0263. The molecule has 1 fully saturated rings. The summed E-state index contributed by atoms with van der Waals surface area (Å²) in [6.45, 7) is 12.7. The van der Waals surface area contributed by atoms with Crippen molar-refractivity contribution in [3.05, 3.63) is 74.6 Å². The zero-order valence-electron chi connectivity index (χ0n) is 23.1. The first-order valence-corrected chi connectivity index (χ1v) is 15.7. The number of carbonyl (C=O) groups is 1. The van der Waals surface area contributed by atoms with E-state index in [0.717, 1.165) is 16.5 Å². The van der Waals surface area contributed by atoms with E-state index in [2.05, 4.69) is 44.2 Å². The third-order valence-electron chi connectivity index (χ3n) is 7.73. The first-order valence-electron chi connectivity index (χ1n) is 12.8. The van der Waals surface area contributed by atoms with E-state index in [1.54, 1.807) is 20.1 Å². The van der Waals surface area contributed by atoms with Crippen LogP contribution in [-0.4, -0.2) is 49.6 Å². The first-order chi connectivity index (χ1) is 17.8. The fourth-order valence-electron chi connectivity index (χ4n) is 4.26. The number of ether oxygens (including phenoxy) is 2. The summed E-state index contributed by atoms with van der Waals surface area (Å²) < 4.78 is 19.4. The van der Waals surface area contributed by atoms with Crippen molar-refractivity contribution in [1.29, 1.82) is 0 Å². The largest absolute Gasteiger partial charge is 0.497 e. The number of benzene rings is 2. The summed E-state index contributed by atoms with van der Waals surface area (Å²) in [6.07, 6.45) is 0.731. The maximum absolute atomic E-state index is 13.3. The maximum atomic E-state index is 13.3. The summed E-state index contributed by atoms with van der Waals surface area (Å²) in [5.41, 5.74) is -0.0535. The SMILES string of the molecule is COc1ccc2cc(C(=O)N[C@H]3C[C@H](n4cc(C)c(=O)[nH]c4=O)O[C@@H]3CO[Si](C)(C)C(C)(C)C)ccc2c1. The smallest absolute Gasteiger partial charge is 0.330 e. The molecule has 1 amide bonds. The molecule has 204 valence electrons. The quantitative estimate of drug-likeness (QED) is 0.437. The number of rotatable bonds is 7. The van der Waals surface area contributed by atoms with E-state index in [9.17, 15) is 14.4 Å². The molecule has 2 aromatic carbocycles. The second-order valence-corrected chi connectivity index (χ2v) is 16.2. The van der Waals surface area contributed by atoms with Gasteiger partial charge in [0.05, 0.1) is 19.8 Å². The molecule has 1 aliphatic rings. The number of hydrogen-bond donors (Lipinski definition) is 2. The third-order valence-corrected chi connectivity index (χ3v) is 12.2. The highest BCUT2D eigenvalue weighted by atomic mass is 28.4. The van der Waals surface area contributed by atoms with Gasteiger partial charge in [0.2, 0.25) is 0 Å². The van der Waals surface area contributed by atoms with Crippen LogP contribution in [0, 0.1) is 6.92 Å². The summed E-state index contributed by atoms with van der Waals surface area (Å²) >= 11 is 0. The Bertz CT molecular complexity index is 1460. The molecule has 0 spiro atoms. The minimum atomic E-state index is -2.09. The highest BCUT2D eigenvalue weighted by molar-refractivity contribution is 6.74. The van der Waals surface area contributed by atoms with E-state index in [0.29, 0.717) is 17.5 Å². The number of aryl methyl sites for hydroxylation is 1. The minimum Gasteiger partial charge on any atom is -0.497 e. The van der Waals surface area contributed by atoms with Crippen LogP contribution >= 0.6 is 0 Å². The topological polar surface area (TPSA) is 112 Å². The predicted molar refractivity (Wildman–Crippen MR) is 149 cm³/mol. The number of methoxy groups -OCH3 is 1. The average molecular weight is 540 g/mol. The van der Waals surface area contributed by atoms with Crippen LogP contribution in [0.15, 0.2) is 52.2 Å². The standard InChI is InChI=1S/C28H37N3O6Si/c1-17-15-31(27(34)30-25(17)32)24-14-22(23(37-24)16-36-38(6,7)28(2,3)4)29-26(33)20-9-8-19-13-21(35-5)11-10-18(19)12-20/h8-13,15,22-24H,14,16H2,1-7H3,(H,29,33)(H,30,32,34)/t22-,23+,24+/m0/s1. The third kappa shape index (κ3) is 5.77. The van der Waals surface area contributed by atoms with Crippen molar-refractivity contribution < 1.29 is 18.7 Å². The molecule has 3 aromatic rings. The molecule has 0 bridgehead atoms. The van der Waals surface area contributed by atoms with Gasteiger partial charge in [0.1, 0.15) is 18.1 Å². The molecular weight excluding hydrogens is 502 g/mol. The number of carbonyl (C=O) groups excluding carboxylic acids is 1. The number of nitrogens with zero attached hydrogens (tertiary/aromatic N) is 1. The molecule has 2 heterocycles. The normalized spacial score (nSPS) is 20.0. The van der Waals surface area contributed by atoms with E-state index in [-0.39, 0.29) is 17.6 Å². The molecule has 38 heavy (non-hydrogen) atoms. The van der Waals surface area contributed by atoms with Crippen LogP contribution in [0.2, 0.25) is 18.1 Å². The number of amides is 1. The number of hydrogen-bond acceptors (Lipinski definition) is 6. The van der Waals surface area contributed by atoms with E-state index < -0.39 is 37.9 Å².